The molecule has 0 saturated carbocycles. The van der Waals surface area contributed by atoms with E-state index in [1.807, 2.05) is 0 Å². The fourth-order valence-corrected chi connectivity index (χ4v) is 4.14. The molecule has 4 atom stereocenters. The van der Waals surface area contributed by atoms with Crippen LogP contribution in [-0.4, -0.2) is 23.7 Å². The Morgan fingerprint density at radius 1 is 1.45 bits per heavy atom. The lowest BCUT2D eigenvalue weighted by molar-refractivity contribution is 0.160. The van der Waals surface area contributed by atoms with E-state index in [1.165, 1.54) is 0 Å². The number of thioether (sulfide) groups is 1. The van der Waals surface area contributed by atoms with E-state index in [0.29, 0.717) is 5.41 Å². The van der Waals surface area contributed by atoms with Gasteiger partial charge >= 0.3 is 0 Å². The standard InChI is InChI=1S/C9H16OS/c1-6-8-4-10-5-9(8,3)7(2)11-6/h6-8H,4-5H2,1-3H3. The van der Waals surface area contributed by atoms with E-state index >= 15 is 0 Å². The third-order valence-electron chi connectivity index (χ3n) is 3.47. The molecular formula is C9H16OS. The molecule has 2 aliphatic rings. The fraction of sp³-hybridized carbons (Fsp3) is 1.00. The number of rotatable bonds is 0. The van der Waals surface area contributed by atoms with Crippen LogP contribution in [0.3, 0.4) is 0 Å². The van der Waals surface area contributed by atoms with Crippen molar-refractivity contribution < 1.29 is 4.74 Å². The minimum atomic E-state index is 0.476. The predicted octanol–water partition coefficient (Wildman–Crippen LogP) is 2.16. The Labute approximate surface area is 72.9 Å². The van der Waals surface area contributed by atoms with Gasteiger partial charge in [-0.1, -0.05) is 20.8 Å². The highest BCUT2D eigenvalue weighted by atomic mass is 32.2. The van der Waals surface area contributed by atoms with Gasteiger partial charge in [-0.25, -0.2) is 0 Å². The molecule has 0 aliphatic carbocycles. The maximum absolute atomic E-state index is 5.54. The maximum atomic E-state index is 5.54. The number of hydrogen-bond donors (Lipinski definition) is 0. The largest absolute Gasteiger partial charge is 0.380 e. The highest BCUT2D eigenvalue weighted by Crippen LogP contribution is 2.54. The molecule has 1 nitrogen and oxygen atoms in total. The van der Waals surface area contributed by atoms with E-state index in [0.717, 1.165) is 29.6 Å². The summed E-state index contributed by atoms with van der Waals surface area (Å²) >= 11 is 2.13. The summed E-state index contributed by atoms with van der Waals surface area (Å²) in [6.45, 7) is 9.04. The Morgan fingerprint density at radius 2 is 2.18 bits per heavy atom. The van der Waals surface area contributed by atoms with E-state index in [9.17, 15) is 0 Å². The number of fused-ring (bicyclic) bond motifs is 1. The van der Waals surface area contributed by atoms with Gasteiger partial charge in [0.2, 0.25) is 0 Å². The highest BCUT2D eigenvalue weighted by molar-refractivity contribution is 8.00. The average molecular weight is 172 g/mol. The van der Waals surface area contributed by atoms with Crippen molar-refractivity contribution in [3.05, 3.63) is 0 Å². The molecule has 2 aliphatic heterocycles. The molecule has 2 heteroatoms. The molecule has 0 spiro atoms. The molecule has 0 N–H and O–H groups in total. The molecule has 0 amide bonds. The SMILES string of the molecule is CC1SC(C)C2(C)COCC12. The summed E-state index contributed by atoms with van der Waals surface area (Å²) in [4.78, 5) is 0. The lowest BCUT2D eigenvalue weighted by atomic mass is 9.76. The topological polar surface area (TPSA) is 9.23 Å². The summed E-state index contributed by atoms with van der Waals surface area (Å²) in [5.74, 6) is 0.808. The third-order valence-corrected chi connectivity index (χ3v) is 5.18. The lowest BCUT2D eigenvalue weighted by Crippen LogP contribution is -2.30. The molecule has 11 heavy (non-hydrogen) atoms. The predicted molar refractivity (Wildman–Crippen MR) is 48.9 cm³/mol. The van der Waals surface area contributed by atoms with Crippen molar-refractivity contribution in [1.29, 1.82) is 0 Å². The van der Waals surface area contributed by atoms with Gasteiger partial charge in [-0.15, -0.1) is 0 Å². The molecule has 0 bridgehead atoms. The van der Waals surface area contributed by atoms with Crippen LogP contribution >= 0.6 is 11.8 Å². The molecule has 2 heterocycles. The summed E-state index contributed by atoms with van der Waals surface area (Å²) in [5.41, 5.74) is 0.476. The van der Waals surface area contributed by atoms with Gasteiger partial charge in [0, 0.05) is 21.8 Å². The van der Waals surface area contributed by atoms with Gasteiger partial charge in [-0.3, -0.25) is 0 Å². The molecule has 64 valence electrons. The van der Waals surface area contributed by atoms with Crippen LogP contribution in [0.25, 0.3) is 0 Å². The Hall–Kier alpha value is 0.310. The van der Waals surface area contributed by atoms with Crippen molar-refractivity contribution in [2.45, 2.75) is 31.3 Å². The quantitative estimate of drug-likeness (QED) is 0.554. The Morgan fingerprint density at radius 3 is 2.82 bits per heavy atom. The summed E-state index contributed by atoms with van der Waals surface area (Å²) < 4.78 is 5.54. The van der Waals surface area contributed by atoms with Crippen LogP contribution in [0, 0.1) is 11.3 Å². The highest BCUT2D eigenvalue weighted by Gasteiger charge is 2.52. The van der Waals surface area contributed by atoms with E-state index in [1.54, 1.807) is 0 Å². The zero-order valence-corrected chi connectivity index (χ0v) is 8.28. The summed E-state index contributed by atoms with van der Waals surface area (Å²) in [5, 5.41) is 1.59. The number of ether oxygens (including phenoxy) is 1. The molecule has 0 radical (unpaired) electrons. The van der Waals surface area contributed by atoms with Gasteiger partial charge in [-0.2, -0.15) is 11.8 Å². The van der Waals surface area contributed by atoms with Crippen molar-refractivity contribution in [2.24, 2.45) is 11.3 Å². The third kappa shape index (κ3) is 0.955. The first-order valence-corrected chi connectivity index (χ1v) is 5.32. The van der Waals surface area contributed by atoms with Gasteiger partial charge < -0.3 is 4.74 Å². The van der Waals surface area contributed by atoms with E-state index in [4.69, 9.17) is 4.74 Å². The normalized spacial score (nSPS) is 56.5. The Balaban J connectivity index is 2.25. The molecule has 0 aromatic heterocycles. The van der Waals surface area contributed by atoms with Crippen LogP contribution in [0.1, 0.15) is 20.8 Å². The fourth-order valence-electron chi connectivity index (χ4n) is 2.37. The van der Waals surface area contributed by atoms with E-state index in [-0.39, 0.29) is 0 Å². The van der Waals surface area contributed by atoms with Crippen molar-refractivity contribution in [3.8, 4) is 0 Å². The van der Waals surface area contributed by atoms with Gasteiger partial charge in [0.1, 0.15) is 0 Å². The van der Waals surface area contributed by atoms with Crippen LogP contribution in [-0.2, 0) is 4.74 Å². The van der Waals surface area contributed by atoms with Crippen molar-refractivity contribution in [3.63, 3.8) is 0 Å². The smallest absolute Gasteiger partial charge is 0.0534 e. The average Bonchev–Trinajstić information content (AvgIpc) is 2.39. The molecule has 2 saturated heterocycles. The molecule has 2 fully saturated rings. The molecule has 4 unspecified atom stereocenters. The Kier molecular flexibility index (Phi) is 1.73. The van der Waals surface area contributed by atoms with Gasteiger partial charge in [0.15, 0.2) is 0 Å². The van der Waals surface area contributed by atoms with E-state index < -0.39 is 0 Å². The van der Waals surface area contributed by atoms with Crippen LogP contribution in [0.4, 0.5) is 0 Å². The first-order chi connectivity index (χ1) is 5.14. The molecule has 2 rings (SSSR count). The van der Waals surface area contributed by atoms with Crippen LogP contribution < -0.4 is 0 Å². The number of hydrogen-bond acceptors (Lipinski definition) is 2. The van der Waals surface area contributed by atoms with E-state index in [2.05, 4.69) is 32.5 Å². The van der Waals surface area contributed by atoms with Crippen molar-refractivity contribution in [2.75, 3.05) is 13.2 Å². The van der Waals surface area contributed by atoms with Crippen LogP contribution in [0.2, 0.25) is 0 Å². The van der Waals surface area contributed by atoms with Gasteiger partial charge in [0.25, 0.3) is 0 Å². The van der Waals surface area contributed by atoms with Crippen molar-refractivity contribution >= 4 is 11.8 Å². The molecular weight excluding hydrogens is 156 g/mol. The second-order valence-corrected chi connectivity index (χ2v) is 5.83. The zero-order chi connectivity index (χ0) is 8.06. The molecule has 0 aromatic rings. The second kappa shape index (κ2) is 2.40. The first kappa shape index (κ1) is 7.93. The maximum Gasteiger partial charge on any atom is 0.0534 e. The second-order valence-electron chi connectivity index (χ2n) is 4.11. The lowest BCUT2D eigenvalue weighted by Gasteiger charge is -2.25. The zero-order valence-electron chi connectivity index (χ0n) is 7.46. The minimum Gasteiger partial charge on any atom is -0.380 e. The monoisotopic (exact) mass is 172 g/mol. The first-order valence-electron chi connectivity index (χ1n) is 4.38. The summed E-state index contributed by atoms with van der Waals surface area (Å²) in [6.07, 6.45) is 0. The van der Waals surface area contributed by atoms with Crippen LogP contribution in [0.15, 0.2) is 0 Å². The van der Waals surface area contributed by atoms with Crippen molar-refractivity contribution in [1.82, 2.24) is 0 Å². The summed E-state index contributed by atoms with van der Waals surface area (Å²) in [6, 6.07) is 0. The molecule has 0 aromatic carbocycles. The van der Waals surface area contributed by atoms with Gasteiger partial charge in [0.05, 0.1) is 13.2 Å². The minimum absolute atomic E-state index is 0.476. The summed E-state index contributed by atoms with van der Waals surface area (Å²) in [7, 11) is 0. The van der Waals surface area contributed by atoms with Gasteiger partial charge in [-0.05, 0) is 0 Å². The van der Waals surface area contributed by atoms with Crippen LogP contribution in [0.5, 0.6) is 0 Å². The Bertz CT molecular complexity index is 171.